The van der Waals surface area contributed by atoms with Gasteiger partial charge in [-0.05, 0) is 47.9 Å². The largest absolute Gasteiger partial charge is 0.312 e. The van der Waals surface area contributed by atoms with E-state index in [4.69, 9.17) is 0 Å². The molecule has 9 nitrogen and oxygen atoms in total. The Labute approximate surface area is 216 Å². The van der Waals surface area contributed by atoms with Gasteiger partial charge in [0.1, 0.15) is 0 Å². The number of fused-ring (bicyclic) bond motifs is 2. The summed E-state index contributed by atoms with van der Waals surface area (Å²) in [5.41, 5.74) is 3.03. The molecule has 0 atom stereocenters. The average Bonchev–Trinajstić information content (AvgIpc) is 3.24. The number of benzene rings is 3. The van der Waals surface area contributed by atoms with Crippen molar-refractivity contribution in [2.24, 2.45) is 4.99 Å². The average molecular weight is 535 g/mol. The fraction of sp³-hybridized carbons (Fsp3) is 0.154. The first-order chi connectivity index (χ1) is 17.8. The zero-order valence-corrected chi connectivity index (χ0v) is 21.2. The van der Waals surface area contributed by atoms with Gasteiger partial charge in [0.2, 0.25) is 10.0 Å². The second-order valence-corrected chi connectivity index (χ2v) is 11.4. The van der Waals surface area contributed by atoms with Gasteiger partial charge in [-0.2, -0.15) is 9.30 Å². The first-order valence-corrected chi connectivity index (χ1v) is 13.7. The summed E-state index contributed by atoms with van der Waals surface area (Å²) in [5, 5.41) is 11.1. The molecule has 2 heterocycles. The van der Waals surface area contributed by atoms with E-state index in [2.05, 4.69) is 11.6 Å². The van der Waals surface area contributed by atoms with E-state index in [9.17, 15) is 23.3 Å². The van der Waals surface area contributed by atoms with Gasteiger partial charge in [0.25, 0.3) is 11.6 Å². The number of nitro benzene ring substituents is 1. The molecular weight excluding hydrogens is 512 g/mol. The van der Waals surface area contributed by atoms with Crippen LogP contribution < -0.4 is 4.80 Å². The highest BCUT2D eigenvalue weighted by atomic mass is 32.2. The van der Waals surface area contributed by atoms with E-state index in [-0.39, 0.29) is 16.1 Å². The Hall–Kier alpha value is -3.93. The molecule has 1 aromatic heterocycles. The number of rotatable bonds is 6. The zero-order valence-electron chi connectivity index (χ0n) is 19.6. The quantitative estimate of drug-likeness (QED) is 0.208. The molecule has 188 valence electrons. The molecule has 4 aromatic rings. The molecule has 0 unspecified atom stereocenters. The Morgan fingerprint density at radius 3 is 2.54 bits per heavy atom. The number of nitrogens with zero attached hydrogens (tertiary/aromatic N) is 4. The monoisotopic (exact) mass is 534 g/mol. The molecule has 0 saturated heterocycles. The molecule has 0 bridgehead atoms. The number of non-ortho nitro benzene ring substituents is 1. The highest BCUT2D eigenvalue weighted by Gasteiger charge is 2.28. The van der Waals surface area contributed by atoms with Crippen molar-refractivity contribution in [1.82, 2.24) is 8.87 Å². The highest BCUT2D eigenvalue weighted by Crippen LogP contribution is 2.26. The molecule has 3 aromatic carbocycles. The van der Waals surface area contributed by atoms with Crippen LogP contribution in [0.2, 0.25) is 0 Å². The van der Waals surface area contributed by atoms with Gasteiger partial charge in [0.15, 0.2) is 4.80 Å². The topological polar surface area (TPSA) is 115 Å². The molecule has 0 radical (unpaired) electrons. The maximum atomic E-state index is 13.2. The van der Waals surface area contributed by atoms with Crippen molar-refractivity contribution in [2.75, 3.05) is 6.54 Å². The molecule has 37 heavy (non-hydrogen) atoms. The molecule has 1 aliphatic heterocycles. The van der Waals surface area contributed by atoms with Crippen LogP contribution in [-0.4, -0.2) is 34.7 Å². The number of sulfonamides is 1. The van der Waals surface area contributed by atoms with Gasteiger partial charge in [0.05, 0.1) is 20.0 Å². The van der Waals surface area contributed by atoms with Crippen molar-refractivity contribution < 1.29 is 18.1 Å². The van der Waals surface area contributed by atoms with Crippen LogP contribution in [0.1, 0.15) is 21.5 Å². The molecule has 0 N–H and O–H groups in total. The Balaban J connectivity index is 1.43. The lowest BCUT2D eigenvalue weighted by Crippen LogP contribution is -2.35. The van der Waals surface area contributed by atoms with Crippen LogP contribution in [0.15, 0.2) is 89.3 Å². The third-order valence-corrected chi connectivity index (χ3v) is 9.12. The summed E-state index contributed by atoms with van der Waals surface area (Å²) in [5.74, 6) is -0.547. The van der Waals surface area contributed by atoms with Gasteiger partial charge >= 0.3 is 0 Å². The number of thiazole rings is 1. The summed E-state index contributed by atoms with van der Waals surface area (Å²) in [4.78, 5) is 28.3. The second-order valence-electron chi connectivity index (χ2n) is 8.49. The number of hydrogen-bond acceptors (Lipinski definition) is 6. The van der Waals surface area contributed by atoms with Crippen LogP contribution in [0.25, 0.3) is 10.2 Å². The lowest BCUT2D eigenvalue weighted by atomic mass is 10.0. The summed E-state index contributed by atoms with van der Waals surface area (Å²) in [6, 6.07) is 18.0. The van der Waals surface area contributed by atoms with E-state index in [1.54, 1.807) is 16.7 Å². The highest BCUT2D eigenvalue weighted by molar-refractivity contribution is 7.89. The predicted molar refractivity (Wildman–Crippen MR) is 141 cm³/mol. The Morgan fingerprint density at radius 2 is 1.84 bits per heavy atom. The van der Waals surface area contributed by atoms with E-state index in [0.717, 1.165) is 22.5 Å². The van der Waals surface area contributed by atoms with Gasteiger partial charge in [-0.3, -0.25) is 14.9 Å². The van der Waals surface area contributed by atoms with E-state index in [1.807, 2.05) is 24.3 Å². The summed E-state index contributed by atoms with van der Waals surface area (Å²) >= 11 is 1.16. The van der Waals surface area contributed by atoms with Crippen molar-refractivity contribution in [3.63, 3.8) is 0 Å². The van der Waals surface area contributed by atoms with Crippen LogP contribution >= 0.6 is 11.3 Å². The molecule has 0 spiro atoms. The molecule has 0 aliphatic carbocycles. The molecule has 11 heteroatoms. The number of carbonyl (C=O) groups excluding carboxylic acids is 1. The Kier molecular flexibility index (Phi) is 6.59. The van der Waals surface area contributed by atoms with E-state index in [0.29, 0.717) is 41.1 Å². The van der Waals surface area contributed by atoms with Crippen LogP contribution in [0.4, 0.5) is 5.69 Å². The molecule has 0 saturated carbocycles. The predicted octanol–water partition coefficient (Wildman–Crippen LogP) is 4.29. The van der Waals surface area contributed by atoms with Gasteiger partial charge in [-0.25, -0.2) is 8.42 Å². The Bertz CT molecular complexity index is 1720. The van der Waals surface area contributed by atoms with Gasteiger partial charge < -0.3 is 4.57 Å². The van der Waals surface area contributed by atoms with Crippen LogP contribution in [0.3, 0.4) is 0 Å². The first kappa shape index (κ1) is 24.8. The fourth-order valence-electron chi connectivity index (χ4n) is 4.31. The number of hydrogen-bond donors (Lipinski definition) is 0. The van der Waals surface area contributed by atoms with E-state index < -0.39 is 20.9 Å². The van der Waals surface area contributed by atoms with Crippen molar-refractivity contribution >= 4 is 43.2 Å². The summed E-state index contributed by atoms with van der Waals surface area (Å²) < 4.78 is 30.3. The number of carbonyl (C=O) groups is 1. The van der Waals surface area contributed by atoms with Crippen molar-refractivity contribution in [2.45, 2.75) is 24.4 Å². The zero-order chi connectivity index (χ0) is 26.2. The SMILES string of the molecule is C=CCn1c(=NC(=O)c2ccc(S(=O)(=O)N3CCc4ccccc4C3)cc2)sc2cc([N+](=O)[O-])ccc21. The standard InChI is InChI=1S/C26H22N4O5S2/c1-2-14-29-23-12-9-21(30(32)33)16-24(23)36-26(29)27-25(31)19-7-10-22(11-8-19)37(34,35)28-15-13-18-5-3-4-6-20(18)17-28/h2-12,16H,1,13-15,17H2. The maximum absolute atomic E-state index is 13.2. The minimum Gasteiger partial charge on any atom is -0.312 e. The third kappa shape index (κ3) is 4.76. The van der Waals surface area contributed by atoms with Gasteiger partial charge in [0, 0.05) is 37.3 Å². The van der Waals surface area contributed by atoms with Crippen LogP contribution in [0, 0.1) is 10.1 Å². The minimum absolute atomic E-state index is 0.0497. The third-order valence-electron chi connectivity index (χ3n) is 6.22. The number of nitro groups is 1. The lowest BCUT2D eigenvalue weighted by molar-refractivity contribution is -0.384. The minimum atomic E-state index is -3.73. The van der Waals surface area contributed by atoms with Crippen LogP contribution in [0.5, 0.6) is 0 Å². The van der Waals surface area contributed by atoms with Crippen LogP contribution in [-0.2, 0) is 29.5 Å². The normalized spacial score (nSPS) is 14.4. The smallest absolute Gasteiger partial charge is 0.279 e. The second kappa shape index (κ2) is 9.85. The van der Waals surface area contributed by atoms with Crippen molar-refractivity contribution in [1.29, 1.82) is 0 Å². The lowest BCUT2D eigenvalue weighted by Gasteiger charge is -2.28. The van der Waals surface area contributed by atoms with Gasteiger partial charge in [-0.1, -0.05) is 41.7 Å². The Morgan fingerprint density at radius 1 is 1.11 bits per heavy atom. The number of allylic oxidation sites excluding steroid dienone is 1. The summed E-state index contributed by atoms with van der Waals surface area (Å²) in [6.07, 6.45) is 2.30. The van der Waals surface area contributed by atoms with E-state index in [1.165, 1.54) is 40.7 Å². The van der Waals surface area contributed by atoms with E-state index >= 15 is 0 Å². The summed E-state index contributed by atoms with van der Waals surface area (Å²) in [6.45, 7) is 4.80. The molecule has 1 aliphatic rings. The molecular formula is C26H22N4O5S2. The van der Waals surface area contributed by atoms with Gasteiger partial charge in [-0.15, -0.1) is 6.58 Å². The first-order valence-electron chi connectivity index (χ1n) is 11.4. The fourth-order valence-corrected chi connectivity index (χ4v) is 6.80. The molecule has 1 amide bonds. The molecule has 5 rings (SSSR count). The number of aromatic nitrogens is 1. The molecule has 0 fully saturated rings. The maximum Gasteiger partial charge on any atom is 0.279 e. The summed E-state index contributed by atoms with van der Waals surface area (Å²) in [7, 11) is -3.73. The van der Waals surface area contributed by atoms with Crippen molar-refractivity contribution in [3.8, 4) is 0 Å². The van der Waals surface area contributed by atoms with Crippen molar-refractivity contribution in [3.05, 3.63) is 111 Å². The number of amides is 1.